The molecule has 11 nitrogen and oxygen atoms in total. The number of ether oxygens (including phenoxy) is 2. The summed E-state index contributed by atoms with van der Waals surface area (Å²) in [6.07, 6.45) is -3.30. The number of carbonyl (C=O) groups is 2. The first-order valence-electron chi connectivity index (χ1n) is 8.54. The molecule has 0 unspecified atom stereocenters. The summed E-state index contributed by atoms with van der Waals surface area (Å²) >= 11 is 0. The van der Waals surface area contributed by atoms with Crippen LogP contribution in [0.15, 0.2) is 17.1 Å². The number of aliphatic hydroxyl groups is 3. The Hall–Kier alpha value is -2.34. The first-order chi connectivity index (χ1) is 12.9. The second kappa shape index (κ2) is 9.55. The van der Waals surface area contributed by atoms with Crippen molar-refractivity contribution < 1.29 is 34.4 Å². The van der Waals surface area contributed by atoms with Gasteiger partial charge in [-0.15, -0.1) is 0 Å². The minimum Gasteiger partial charge on any atom is -0.466 e. The van der Waals surface area contributed by atoms with Crippen molar-refractivity contribution in [2.45, 2.75) is 50.7 Å². The van der Waals surface area contributed by atoms with Crippen molar-refractivity contribution in [1.29, 1.82) is 0 Å². The van der Waals surface area contributed by atoms with Crippen molar-refractivity contribution in [3.8, 4) is 0 Å². The van der Waals surface area contributed by atoms with E-state index in [2.05, 4.69) is 10.3 Å². The number of rotatable bonds is 8. The summed E-state index contributed by atoms with van der Waals surface area (Å²) in [6, 6.07) is 1.31. The van der Waals surface area contributed by atoms with Gasteiger partial charge in [-0.2, -0.15) is 4.98 Å². The topological polar surface area (TPSA) is 160 Å². The van der Waals surface area contributed by atoms with Gasteiger partial charge in [0.2, 0.25) is 5.91 Å². The summed E-state index contributed by atoms with van der Waals surface area (Å²) in [5.74, 6) is -1.03. The Morgan fingerprint density at radius 1 is 1.33 bits per heavy atom. The second-order valence-electron chi connectivity index (χ2n) is 6.00. The summed E-state index contributed by atoms with van der Waals surface area (Å²) in [5, 5.41) is 31.2. The SMILES string of the molecule is CCCOC(=O)CCC(=O)Nc1ccn([C@@H]2O[C@H](CO)[C@@H](O)[C@@H]2O)c(=O)n1. The monoisotopic (exact) mass is 385 g/mol. The van der Waals surface area contributed by atoms with E-state index in [4.69, 9.17) is 14.6 Å². The van der Waals surface area contributed by atoms with E-state index in [0.717, 1.165) is 4.57 Å². The summed E-state index contributed by atoms with van der Waals surface area (Å²) in [5.41, 5.74) is -0.829. The Bertz CT molecular complexity index is 722. The van der Waals surface area contributed by atoms with Gasteiger partial charge < -0.3 is 30.1 Å². The molecule has 1 amide bonds. The number of nitrogens with zero attached hydrogens (tertiary/aromatic N) is 2. The van der Waals surface area contributed by atoms with Crippen LogP contribution in [0.5, 0.6) is 0 Å². The minimum atomic E-state index is -1.42. The lowest BCUT2D eigenvalue weighted by molar-refractivity contribution is -0.144. The molecule has 2 heterocycles. The standard InChI is InChI=1S/C16H23N3O8/c1-2-7-26-12(22)4-3-11(21)17-10-5-6-19(16(25)18-10)15-14(24)13(23)9(8-20)27-15/h5-6,9,13-15,20,23-24H,2-4,7-8H2,1H3,(H,17,18,21,25)/t9-,13-,14+,15-/m1/s1. The van der Waals surface area contributed by atoms with Crippen molar-refractivity contribution in [3.05, 3.63) is 22.7 Å². The fourth-order valence-corrected chi connectivity index (χ4v) is 2.49. The van der Waals surface area contributed by atoms with Crippen molar-refractivity contribution >= 4 is 17.7 Å². The van der Waals surface area contributed by atoms with E-state index >= 15 is 0 Å². The van der Waals surface area contributed by atoms with Crippen molar-refractivity contribution in [2.75, 3.05) is 18.5 Å². The van der Waals surface area contributed by atoms with Crippen LogP contribution >= 0.6 is 0 Å². The summed E-state index contributed by atoms with van der Waals surface area (Å²) in [4.78, 5) is 39.0. The molecule has 27 heavy (non-hydrogen) atoms. The van der Waals surface area contributed by atoms with E-state index in [1.807, 2.05) is 6.92 Å². The minimum absolute atomic E-state index is 0.0325. The first-order valence-corrected chi connectivity index (χ1v) is 8.54. The summed E-state index contributed by atoms with van der Waals surface area (Å²) in [7, 11) is 0. The van der Waals surface area contributed by atoms with Gasteiger partial charge in [0, 0.05) is 12.6 Å². The predicted octanol–water partition coefficient (Wildman–Crippen LogP) is -1.47. The number of hydrogen-bond acceptors (Lipinski definition) is 9. The molecule has 0 aliphatic carbocycles. The maximum atomic E-state index is 12.1. The van der Waals surface area contributed by atoms with E-state index < -0.39 is 48.7 Å². The maximum absolute atomic E-state index is 12.1. The van der Waals surface area contributed by atoms with Crippen LogP contribution in [-0.2, 0) is 19.1 Å². The largest absolute Gasteiger partial charge is 0.466 e. The number of nitrogens with one attached hydrogen (secondary N) is 1. The molecule has 4 atom stereocenters. The fraction of sp³-hybridized carbons (Fsp3) is 0.625. The Labute approximate surface area is 154 Å². The molecule has 1 aliphatic rings. The van der Waals surface area contributed by atoms with Gasteiger partial charge in [-0.05, 0) is 12.5 Å². The van der Waals surface area contributed by atoms with Gasteiger partial charge in [0.25, 0.3) is 0 Å². The lowest BCUT2D eigenvalue weighted by Gasteiger charge is -2.17. The van der Waals surface area contributed by atoms with Gasteiger partial charge in [0.15, 0.2) is 6.23 Å². The molecule has 1 aliphatic heterocycles. The zero-order chi connectivity index (χ0) is 20.0. The van der Waals surface area contributed by atoms with Gasteiger partial charge in [-0.3, -0.25) is 14.2 Å². The molecule has 1 aromatic rings. The molecule has 0 spiro atoms. The normalized spacial score (nSPS) is 24.6. The molecule has 0 saturated carbocycles. The van der Waals surface area contributed by atoms with E-state index in [1.54, 1.807) is 0 Å². The van der Waals surface area contributed by atoms with Crippen LogP contribution in [0.3, 0.4) is 0 Å². The van der Waals surface area contributed by atoms with Crippen LogP contribution in [-0.4, -0.2) is 68.3 Å². The second-order valence-corrected chi connectivity index (χ2v) is 6.00. The molecule has 2 rings (SSSR count). The van der Waals surface area contributed by atoms with Crippen LogP contribution in [0, 0.1) is 0 Å². The van der Waals surface area contributed by atoms with Gasteiger partial charge in [0.05, 0.1) is 19.6 Å². The molecule has 1 fully saturated rings. The van der Waals surface area contributed by atoms with Crippen molar-refractivity contribution in [1.82, 2.24) is 9.55 Å². The molecule has 1 saturated heterocycles. The molecule has 11 heteroatoms. The molecule has 4 N–H and O–H groups in total. The average molecular weight is 385 g/mol. The van der Waals surface area contributed by atoms with E-state index in [0.29, 0.717) is 13.0 Å². The molecule has 0 radical (unpaired) electrons. The van der Waals surface area contributed by atoms with E-state index in [-0.39, 0.29) is 18.7 Å². The molecule has 1 aromatic heterocycles. The Morgan fingerprint density at radius 2 is 2.07 bits per heavy atom. The van der Waals surface area contributed by atoms with Gasteiger partial charge >= 0.3 is 11.7 Å². The fourth-order valence-electron chi connectivity index (χ4n) is 2.49. The summed E-state index contributed by atoms with van der Waals surface area (Å²) in [6.45, 7) is 1.63. The number of anilines is 1. The summed E-state index contributed by atoms with van der Waals surface area (Å²) < 4.78 is 11.1. The number of esters is 1. The Morgan fingerprint density at radius 3 is 2.67 bits per heavy atom. The van der Waals surface area contributed by atoms with Gasteiger partial charge in [-0.1, -0.05) is 6.92 Å². The van der Waals surface area contributed by atoms with Crippen LogP contribution in [0.4, 0.5) is 5.82 Å². The third kappa shape index (κ3) is 5.32. The van der Waals surface area contributed by atoms with Crippen LogP contribution < -0.4 is 11.0 Å². The lowest BCUT2D eigenvalue weighted by Crippen LogP contribution is -2.36. The first kappa shape index (κ1) is 21.0. The number of carbonyl (C=O) groups excluding carboxylic acids is 2. The molecule has 0 aromatic carbocycles. The molecular weight excluding hydrogens is 362 g/mol. The zero-order valence-electron chi connectivity index (χ0n) is 14.8. The quantitative estimate of drug-likeness (QED) is 0.391. The highest BCUT2D eigenvalue weighted by Gasteiger charge is 2.43. The molecule has 150 valence electrons. The van der Waals surface area contributed by atoms with E-state index in [1.165, 1.54) is 12.3 Å². The van der Waals surface area contributed by atoms with E-state index in [9.17, 15) is 24.6 Å². The predicted molar refractivity (Wildman–Crippen MR) is 90.6 cm³/mol. The number of amides is 1. The third-order valence-electron chi connectivity index (χ3n) is 3.91. The highest BCUT2D eigenvalue weighted by molar-refractivity contribution is 5.91. The molecular formula is C16H23N3O8. The van der Waals surface area contributed by atoms with Gasteiger partial charge in [-0.25, -0.2) is 4.79 Å². The zero-order valence-corrected chi connectivity index (χ0v) is 14.8. The van der Waals surface area contributed by atoms with Crippen molar-refractivity contribution in [2.24, 2.45) is 0 Å². The Balaban J connectivity index is 1.96. The highest BCUT2D eigenvalue weighted by atomic mass is 16.6. The van der Waals surface area contributed by atoms with Gasteiger partial charge in [0.1, 0.15) is 24.1 Å². The smallest absolute Gasteiger partial charge is 0.351 e. The third-order valence-corrected chi connectivity index (χ3v) is 3.91. The maximum Gasteiger partial charge on any atom is 0.351 e. The van der Waals surface area contributed by atoms with Crippen LogP contribution in [0.2, 0.25) is 0 Å². The van der Waals surface area contributed by atoms with Crippen LogP contribution in [0.1, 0.15) is 32.4 Å². The highest BCUT2D eigenvalue weighted by Crippen LogP contribution is 2.28. The Kier molecular flexibility index (Phi) is 7.42. The average Bonchev–Trinajstić information content (AvgIpc) is 2.93. The number of aromatic nitrogens is 2. The van der Waals surface area contributed by atoms with Crippen molar-refractivity contribution in [3.63, 3.8) is 0 Å². The number of aliphatic hydroxyl groups excluding tert-OH is 3. The lowest BCUT2D eigenvalue weighted by atomic mass is 10.1. The molecule has 0 bridgehead atoms. The van der Waals surface area contributed by atoms with Crippen LogP contribution in [0.25, 0.3) is 0 Å². The number of hydrogen-bond donors (Lipinski definition) is 4.